The number of halogens is 1. The molecule has 0 aromatic heterocycles. The Morgan fingerprint density at radius 3 is 2.25 bits per heavy atom. The van der Waals surface area contributed by atoms with E-state index in [9.17, 15) is 0 Å². The fourth-order valence-corrected chi connectivity index (χ4v) is 3.23. The quantitative estimate of drug-likeness (QED) is 0.190. The molecule has 0 amide bonds. The number of thioether (sulfide) groups is 1. The van der Waals surface area contributed by atoms with Crippen molar-refractivity contribution in [3.05, 3.63) is 45.8 Å². The van der Waals surface area contributed by atoms with E-state index in [1.807, 2.05) is 13.0 Å². The summed E-state index contributed by atoms with van der Waals surface area (Å²) >= 11 is 6.42. The third-order valence-electron chi connectivity index (χ3n) is 3.85. The molecule has 0 bridgehead atoms. The number of hydrogen-bond acceptors (Lipinski definition) is 3. The fourth-order valence-electron chi connectivity index (χ4n) is 2.31. The Morgan fingerprint density at radius 2 is 1.86 bits per heavy atom. The maximum atomic E-state index is 5.45. The van der Waals surface area contributed by atoms with Gasteiger partial charge in [0, 0.05) is 37.0 Å². The number of rotatable bonds is 7. The molecular weight excluding hydrogens is 386 g/mol. The predicted octanol–water partition coefficient (Wildman–Crippen LogP) is 6.90. The van der Waals surface area contributed by atoms with Crippen LogP contribution >= 0.6 is 23.4 Å². The minimum Gasteiger partial charge on any atom is -0.379 e. The lowest BCUT2D eigenvalue weighted by Crippen LogP contribution is -2.36. The van der Waals surface area contributed by atoms with Gasteiger partial charge in [-0.05, 0) is 43.6 Å². The van der Waals surface area contributed by atoms with Crippen molar-refractivity contribution in [1.29, 1.82) is 0 Å². The summed E-state index contributed by atoms with van der Waals surface area (Å²) in [6.07, 6.45) is 18.5. The molecule has 160 valence electrons. The third-order valence-corrected chi connectivity index (χ3v) is 5.30. The first-order valence-electron chi connectivity index (χ1n) is 9.95. The van der Waals surface area contributed by atoms with Crippen LogP contribution in [0.4, 0.5) is 0 Å². The maximum absolute atomic E-state index is 5.45. The van der Waals surface area contributed by atoms with Crippen LogP contribution in [-0.2, 0) is 4.74 Å². The molecule has 28 heavy (non-hydrogen) atoms. The van der Waals surface area contributed by atoms with Crippen molar-refractivity contribution in [3.63, 3.8) is 0 Å². The van der Waals surface area contributed by atoms with Crippen molar-refractivity contribution < 1.29 is 4.74 Å². The number of ether oxygens (including phenoxy) is 1. The zero-order chi connectivity index (χ0) is 21.8. The molecule has 0 atom stereocenters. The van der Waals surface area contributed by atoms with Crippen LogP contribution in [-0.4, -0.2) is 44.1 Å². The molecule has 1 rings (SSSR count). The van der Waals surface area contributed by atoms with E-state index in [2.05, 4.69) is 81.3 Å². The number of morpholine rings is 1. The van der Waals surface area contributed by atoms with Crippen LogP contribution in [0.15, 0.2) is 45.8 Å². The Labute approximate surface area is 184 Å². The van der Waals surface area contributed by atoms with Crippen LogP contribution in [0, 0.1) is 18.3 Å². The standard InChI is InChI=1S/C17H25NOS.C6H12.CH3Cl/c1-5-8-17(20-16(6-2)7-3)15(4)9-10-18-11-13-19-14-12-18;1-4-5-6(2)3;1-2/h1,6,8-9H,7,10-14H2,2-4H3;4-6H,1-3H3;1H3/b15-9-,16-6+,17-8+;5-4+;. The van der Waals surface area contributed by atoms with Crippen molar-refractivity contribution in [3.8, 4) is 12.3 Å². The van der Waals surface area contributed by atoms with Crippen molar-refractivity contribution in [2.75, 3.05) is 39.2 Å². The van der Waals surface area contributed by atoms with Gasteiger partial charge in [0.1, 0.15) is 0 Å². The number of alkyl halides is 1. The van der Waals surface area contributed by atoms with Gasteiger partial charge in [-0.2, -0.15) is 0 Å². The lowest BCUT2D eigenvalue weighted by atomic mass is 10.2. The van der Waals surface area contributed by atoms with E-state index in [1.165, 1.54) is 21.8 Å². The number of nitrogens with zero attached hydrogens (tertiary/aromatic N) is 1. The van der Waals surface area contributed by atoms with Crippen LogP contribution in [0.3, 0.4) is 0 Å². The summed E-state index contributed by atoms with van der Waals surface area (Å²) in [5.41, 5.74) is 1.26. The second-order valence-corrected chi connectivity index (χ2v) is 7.62. The number of hydrogen-bond donors (Lipinski definition) is 0. The van der Waals surface area contributed by atoms with Gasteiger partial charge in [0.25, 0.3) is 0 Å². The molecule has 1 aliphatic rings. The topological polar surface area (TPSA) is 12.5 Å². The van der Waals surface area contributed by atoms with E-state index in [-0.39, 0.29) is 0 Å². The Balaban J connectivity index is 0. The number of allylic oxidation sites excluding steroid dienone is 6. The zero-order valence-corrected chi connectivity index (χ0v) is 20.5. The lowest BCUT2D eigenvalue weighted by Gasteiger charge is -2.25. The molecule has 1 aliphatic heterocycles. The van der Waals surface area contributed by atoms with Crippen molar-refractivity contribution in [2.24, 2.45) is 5.92 Å². The van der Waals surface area contributed by atoms with Gasteiger partial charge < -0.3 is 4.74 Å². The molecule has 0 spiro atoms. The molecule has 2 nitrogen and oxygen atoms in total. The highest BCUT2D eigenvalue weighted by molar-refractivity contribution is 8.06. The van der Waals surface area contributed by atoms with E-state index in [0.29, 0.717) is 0 Å². The largest absolute Gasteiger partial charge is 0.379 e. The molecule has 1 fully saturated rings. The maximum Gasteiger partial charge on any atom is 0.0594 e. The van der Waals surface area contributed by atoms with Gasteiger partial charge in [-0.25, -0.2) is 0 Å². The summed E-state index contributed by atoms with van der Waals surface area (Å²) in [6.45, 7) is 17.4. The lowest BCUT2D eigenvalue weighted by molar-refractivity contribution is 0.0434. The molecule has 0 unspecified atom stereocenters. The van der Waals surface area contributed by atoms with E-state index < -0.39 is 0 Å². The second-order valence-electron chi connectivity index (χ2n) is 6.46. The Hall–Kier alpha value is -0.920. The molecule has 0 aromatic rings. The molecule has 1 saturated heterocycles. The van der Waals surface area contributed by atoms with E-state index in [0.717, 1.165) is 45.2 Å². The van der Waals surface area contributed by atoms with Gasteiger partial charge in [-0.15, -0.1) is 18.0 Å². The van der Waals surface area contributed by atoms with Crippen molar-refractivity contribution in [1.82, 2.24) is 4.90 Å². The van der Waals surface area contributed by atoms with Crippen LogP contribution in [0.1, 0.15) is 48.0 Å². The highest BCUT2D eigenvalue weighted by atomic mass is 35.5. The van der Waals surface area contributed by atoms with E-state index in [4.69, 9.17) is 11.2 Å². The Kier molecular flexibility index (Phi) is 21.8. The molecular formula is C24H40ClNOS. The number of terminal acetylenes is 1. The normalized spacial score (nSPS) is 16.2. The first-order valence-corrected chi connectivity index (χ1v) is 11.5. The molecule has 1 heterocycles. The summed E-state index contributed by atoms with van der Waals surface area (Å²) in [5, 5.41) is 0. The minimum absolute atomic E-state index is 0.718. The third kappa shape index (κ3) is 16.1. The predicted molar refractivity (Wildman–Crippen MR) is 131 cm³/mol. The van der Waals surface area contributed by atoms with E-state index >= 15 is 0 Å². The molecule has 0 aliphatic carbocycles. The van der Waals surface area contributed by atoms with Crippen LogP contribution in [0.2, 0.25) is 0 Å². The van der Waals surface area contributed by atoms with Crippen LogP contribution in [0.25, 0.3) is 0 Å². The average molecular weight is 426 g/mol. The van der Waals surface area contributed by atoms with Gasteiger partial charge >= 0.3 is 0 Å². The van der Waals surface area contributed by atoms with Gasteiger partial charge in [0.15, 0.2) is 0 Å². The SMILES string of the molecule is C#C/C=C(S/C(=C/C)CC)\C(C)=C/CN1CCOCC1.C/C=C/C(C)C.CCl. The van der Waals surface area contributed by atoms with E-state index in [1.54, 1.807) is 11.8 Å². The molecule has 0 aromatic carbocycles. The molecule has 0 radical (unpaired) electrons. The summed E-state index contributed by atoms with van der Waals surface area (Å²) in [4.78, 5) is 4.93. The van der Waals surface area contributed by atoms with Gasteiger partial charge in [0.05, 0.1) is 13.2 Å². The monoisotopic (exact) mass is 425 g/mol. The second kappa shape index (κ2) is 20.8. The van der Waals surface area contributed by atoms with Crippen molar-refractivity contribution in [2.45, 2.75) is 48.0 Å². The summed E-state index contributed by atoms with van der Waals surface area (Å²) in [7, 11) is 0. The summed E-state index contributed by atoms with van der Waals surface area (Å²) in [6, 6.07) is 0. The fraction of sp³-hybridized carbons (Fsp3) is 0.583. The Bertz CT molecular complexity index is 535. The summed E-state index contributed by atoms with van der Waals surface area (Å²) < 4.78 is 5.36. The van der Waals surface area contributed by atoms with Gasteiger partial charge in [0.2, 0.25) is 0 Å². The molecule has 0 saturated carbocycles. The smallest absolute Gasteiger partial charge is 0.0594 e. The van der Waals surface area contributed by atoms with Gasteiger partial charge in [-0.3, -0.25) is 4.90 Å². The first-order chi connectivity index (χ1) is 13.5. The molecule has 0 N–H and O–H groups in total. The highest BCUT2D eigenvalue weighted by Crippen LogP contribution is 2.32. The van der Waals surface area contributed by atoms with Crippen LogP contribution in [0.5, 0.6) is 0 Å². The molecule has 4 heteroatoms. The van der Waals surface area contributed by atoms with Crippen LogP contribution < -0.4 is 0 Å². The Morgan fingerprint density at radius 1 is 1.25 bits per heavy atom. The minimum atomic E-state index is 0.718. The average Bonchev–Trinajstić information content (AvgIpc) is 2.72. The summed E-state index contributed by atoms with van der Waals surface area (Å²) in [5.74, 6) is 3.37. The zero-order valence-electron chi connectivity index (χ0n) is 18.9. The highest BCUT2D eigenvalue weighted by Gasteiger charge is 2.09. The van der Waals surface area contributed by atoms with Crippen molar-refractivity contribution >= 4 is 23.4 Å². The van der Waals surface area contributed by atoms with Gasteiger partial charge in [-0.1, -0.05) is 62.8 Å². The first kappa shape index (κ1) is 29.3.